The summed E-state index contributed by atoms with van der Waals surface area (Å²) >= 11 is 0. The fourth-order valence-corrected chi connectivity index (χ4v) is 1.57. The minimum absolute atomic E-state index is 0.116. The number of aryl methyl sites for hydroxylation is 1. The van der Waals surface area contributed by atoms with Gasteiger partial charge in [0.2, 0.25) is 0 Å². The number of hydrogen-bond donors (Lipinski definition) is 1. The third-order valence-corrected chi connectivity index (χ3v) is 2.41. The molecule has 0 radical (unpaired) electrons. The van der Waals surface area contributed by atoms with Gasteiger partial charge in [-0.2, -0.15) is 0 Å². The number of carbonyl (C=O) groups is 1. The predicted octanol–water partition coefficient (Wildman–Crippen LogP) is 2.52. The highest BCUT2D eigenvalue weighted by Crippen LogP contribution is 2.17. The molecule has 2 rings (SSSR count). The molecule has 0 aliphatic carbocycles. The van der Waals surface area contributed by atoms with E-state index in [0.717, 1.165) is 17.1 Å². The largest absolute Gasteiger partial charge is 0.342 e. The van der Waals surface area contributed by atoms with Crippen LogP contribution in [0.2, 0.25) is 0 Å². The molecule has 0 amide bonds. The summed E-state index contributed by atoms with van der Waals surface area (Å²) in [5.41, 5.74) is 3.27. The number of carbonyl (C=O) groups excluding carboxylic acids is 1. The zero-order valence-electron chi connectivity index (χ0n) is 9.45. The van der Waals surface area contributed by atoms with Crippen molar-refractivity contribution < 1.29 is 4.79 Å². The van der Waals surface area contributed by atoms with Gasteiger partial charge in [0, 0.05) is 0 Å². The molecule has 16 heavy (non-hydrogen) atoms. The average molecular weight is 214 g/mol. The van der Waals surface area contributed by atoms with E-state index in [-0.39, 0.29) is 5.78 Å². The summed E-state index contributed by atoms with van der Waals surface area (Å²) in [7, 11) is 0. The van der Waals surface area contributed by atoms with Crippen LogP contribution in [0.25, 0.3) is 11.3 Å². The molecule has 0 unspecified atom stereocenters. The van der Waals surface area contributed by atoms with Gasteiger partial charge in [0.05, 0.1) is 18.3 Å². The topological polar surface area (TPSA) is 45.8 Å². The fraction of sp³-hybridized carbons (Fsp3) is 0.231. The number of nitrogens with one attached hydrogen (secondary N) is 1. The van der Waals surface area contributed by atoms with Gasteiger partial charge < -0.3 is 4.98 Å². The van der Waals surface area contributed by atoms with Crippen molar-refractivity contribution in [2.75, 3.05) is 0 Å². The monoisotopic (exact) mass is 214 g/mol. The summed E-state index contributed by atoms with van der Waals surface area (Å²) < 4.78 is 0. The third kappa shape index (κ3) is 2.37. The number of Topliss-reactive ketones (excluding diaryl/α,β-unsaturated/α-hetero) is 1. The number of hydrogen-bond acceptors (Lipinski definition) is 2. The molecule has 0 saturated carbocycles. The van der Waals surface area contributed by atoms with Crippen LogP contribution in [0.1, 0.15) is 18.3 Å². The van der Waals surface area contributed by atoms with Crippen molar-refractivity contribution in [3.8, 4) is 11.3 Å². The summed E-state index contributed by atoms with van der Waals surface area (Å²) in [6.07, 6.45) is 2.13. The molecule has 0 fully saturated rings. The molecule has 3 heteroatoms. The lowest BCUT2D eigenvalue weighted by molar-refractivity contribution is -0.116. The normalized spacial score (nSPS) is 10.4. The Bertz CT molecular complexity index is 497. The van der Waals surface area contributed by atoms with Crippen molar-refractivity contribution in [1.29, 1.82) is 0 Å². The van der Waals surface area contributed by atoms with E-state index >= 15 is 0 Å². The van der Waals surface area contributed by atoms with Gasteiger partial charge in [0.1, 0.15) is 11.6 Å². The Kier molecular flexibility index (Phi) is 2.86. The van der Waals surface area contributed by atoms with Crippen LogP contribution in [0.4, 0.5) is 0 Å². The van der Waals surface area contributed by atoms with Crippen LogP contribution in [0.15, 0.2) is 30.5 Å². The Balaban J connectivity index is 2.24. The van der Waals surface area contributed by atoms with Crippen molar-refractivity contribution in [2.45, 2.75) is 20.3 Å². The number of benzene rings is 1. The molecule has 82 valence electrons. The molecule has 1 N–H and O–H groups in total. The maximum absolute atomic E-state index is 10.9. The first-order chi connectivity index (χ1) is 7.65. The second kappa shape index (κ2) is 4.31. The predicted molar refractivity (Wildman–Crippen MR) is 63.1 cm³/mol. The highest BCUT2D eigenvalue weighted by molar-refractivity contribution is 5.77. The molecule has 0 aliphatic heterocycles. The van der Waals surface area contributed by atoms with Crippen molar-refractivity contribution in [3.63, 3.8) is 0 Å². The van der Waals surface area contributed by atoms with Crippen molar-refractivity contribution in [1.82, 2.24) is 9.97 Å². The van der Waals surface area contributed by atoms with E-state index in [2.05, 4.69) is 29.0 Å². The van der Waals surface area contributed by atoms with Gasteiger partial charge in [-0.25, -0.2) is 4.98 Å². The first-order valence-corrected chi connectivity index (χ1v) is 5.25. The van der Waals surface area contributed by atoms with E-state index in [9.17, 15) is 4.79 Å². The van der Waals surface area contributed by atoms with Crippen LogP contribution in [-0.2, 0) is 11.2 Å². The average Bonchev–Trinajstić information content (AvgIpc) is 2.66. The zero-order valence-corrected chi connectivity index (χ0v) is 9.45. The number of nitrogens with zero attached hydrogens (tertiary/aromatic N) is 1. The zero-order chi connectivity index (χ0) is 11.5. The Morgan fingerprint density at radius 1 is 1.31 bits per heavy atom. The standard InChI is InChI=1S/C13H14N2O/c1-9-3-5-11(6-4-9)12-8-14-13(15-12)7-10(2)16/h3-6,8H,7H2,1-2H3,(H,14,15). The van der Waals surface area contributed by atoms with Crippen LogP contribution in [-0.4, -0.2) is 15.8 Å². The van der Waals surface area contributed by atoms with Crippen LogP contribution < -0.4 is 0 Å². The Morgan fingerprint density at radius 3 is 2.62 bits per heavy atom. The van der Waals surface area contributed by atoms with Crippen molar-refractivity contribution >= 4 is 5.78 Å². The SMILES string of the molecule is CC(=O)Cc1ncc(-c2ccc(C)cc2)[nH]1. The van der Waals surface area contributed by atoms with Gasteiger partial charge in [0.25, 0.3) is 0 Å². The van der Waals surface area contributed by atoms with Crippen LogP contribution >= 0.6 is 0 Å². The van der Waals surface area contributed by atoms with Crippen LogP contribution in [0, 0.1) is 6.92 Å². The molecule has 1 aromatic heterocycles. The summed E-state index contributed by atoms with van der Waals surface area (Å²) in [6, 6.07) is 8.20. The molecule has 2 aromatic rings. The minimum atomic E-state index is 0.116. The molecule has 3 nitrogen and oxygen atoms in total. The number of ketones is 1. The Hall–Kier alpha value is -1.90. The van der Waals surface area contributed by atoms with Crippen LogP contribution in [0.5, 0.6) is 0 Å². The fourth-order valence-electron chi connectivity index (χ4n) is 1.57. The lowest BCUT2D eigenvalue weighted by Crippen LogP contribution is -1.97. The molecule has 0 saturated heterocycles. The van der Waals surface area contributed by atoms with E-state index in [4.69, 9.17) is 0 Å². The first-order valence-electron chi connectivity index (χ1n) is 5.25. The molecule has 0 bridgehead atoms. The van der Waals surface area contributed by atoms with E-state index in [1.54, 1.807) is 13.1 Å². The van der Waals surface area contributed by atoms with Gasteiger partial charge in [-0.15, -0.1) is 0 Å². The number of H-pyrrole nitrogens is 1. The molecule has 1 aromatic carbocycles. The molecule has 0 aliphatic rings. The van der Waals surface area contributed by atoms with Crippen LogP contribution in [0.3, 0.4) is 0 Å². The quantitative estimate of drug-likeness (QED) is 0.853. The molecular weight excluding hydrogens is 200 g/mol. The van der Waals surface area contributed by atoms with E-state index < -0.39 is 0 Å². The van der Waals surface area contributed by atoms with E-state index in [1.165, 1.54) is 5.56 Å². The van der Waals surface area contributed by atoms with Gasteiger partial charge >= 0.3 is 0 Å². The van der Waals surface area contributed by atoms with Gasteiger partial charge in [0.15, 0.2) is 0 Å². The second-order valence-electron chi connectivity index (χ2n) is 3.99. The summed E-state index contributed by atoms with van der Waals surface area (Å²) in [5, 5.41) is 0. The number of imidazole rings is 1. The van der Waals surface area contributed by atoms with E-state index in [1.807, 2.05) is 12.1 Å². The maximum Gasteiger partial charge on any atom is 0.137 e. The van der Waals surface area contributed by atoms with E-state index in [0.29, 0.717) is 6.42 Å². The highest BCUT2D eigenvalue weighted by atomic mass is 16.1. The number of rotatable bonds is 3. The molecular formula is C13H14N2O. The second-order valence-corrected chi connectivity index (χ2v) is 3.99. The third-order valence-electron chi connectivity index (χ3n) is 2.41. The smallest absolute Gasteiger partial charge is 0.137 e. The number of aromatic amines is 1. The molecule has 1 heterocycles. The molecule has 0 spiro atoms. The van der Waals surface area contributed by atoms with Gasteiger partial charge in [-0.3, -0.25) is 4.79 Å². The number of aromatic nitrogens is 2. The van der Waals surface area contributed by atoms with Gasteiger partial charge in [-0.05, 0) is 19.4 Å². The summed E-state index contributed by atoms with van der Waals surface area (Å²) in [4.78, 5) is 18.3. The van der Waals surface area contributed by atoms with Crippen molar-refractivity contribution in [2.24, 2.45) is 0 Å². The summed E-state index contributed by atoms with van der Waals surface area (Å²) in [6.45, 7) is 3.62. The highest BCUT2D eigenvalue weighted by Gasteiger charge is 2.04. The summed E-state index contributed by atoms with van der Waals surface area (Å²) in [5.74, 6) is 0.841. The lowest BCUT2D eigenvalue weighted by Gasteiger charge is -1.97. The minimum Gasteiger partial charge on any atom is -0.342 e. The van der Waals surface area contributed by atoms with Crippen molar-refractivity contribution in [3.05, 3.63) is 41.9 Å². The lowest BCUT2D eigenvalue weighted by atomic mass is 10.1. The Morgan fingerprint density at radius 2 is 2.00 bits per heavy atom. The maximum atomic E-state index is 10.9. The molecule has 0 atom stereocenters. The van der Waals surface area contributed by atoms with Gasteiger partial charge in [-0.1, -0.05) is 29.8 Å². The Labute approximate surface area is 94.5 Å². The first kappa shape index (κ1) is 10.6.